The highest BCUT2D eigenvalue weighted by Crippen LogP contribution is 2.31. The highest BCUT2D eigenvalue weighted by Gasteiger charge is 2.41. The fourth-order valence-corrected chi connectivity index (χ4v) is 5.47. The topological polar surface area (TPSA) is 108 Å². The van der Waals surface area contributed by atoms with Gasteiger partial charge in [-0.2, -0.15) is 0 Å². The molecule has 2 N–H and O–H groups in total. The standard InChI is InChI=1S/C16H21N7O2S/c1-2-11-7-10(21-26(24,25)12-3-4-12)9-22(11)16-20-19-14-8-18-15-13(23(14)16)5-6-17-15/h5-6,8,10-12,17,21H,2-4,7,9H2,1H3/t10-,11+/m0/s1. The van der Waals surface area contributed by atoms with Gasteiger partial charge in [-0.25, -0.2) is 18.1 Å². The molecular formula is C16H21N7O2S. The van der Waals surface area contributed by atoms with Gasteiger partial charge in [-0.1, -0.05) is 6.92 Å². The Morgan fingerprint density at radius 1 is 1.35 bits per heavy atom. The minimum atomic E-state index is -3.20. The molecule has 0 amide bonds. The molecule has 138 valence electrons. The van der Waals surface area contributed by atoms with Crippen molar-refractivity contribution in [2.45, 2.75) is 49.9 Å². The summed E-state index contributed by atoms with van der Waals surface area (Å²) in [7, 11) is -3.20. The summed E-state index contributed by atoms with van der Waals surface area (Å²) < 4.78 is 29.5. The molecule has 0 aromatic carbocycles. The number of nitrogens with zero attached hydrogens (tertiary/aromatic N) is 5. The van der Waals surface area contributed by atoms with Crippen molar-refractivity contribution in [1.29, 1.82) is 0 Å². The second-order valence-corrected chi connectivity index (χ2v) is 9.16. The zero-order chi connectivity index (χ0) is 17.9. The second-order valence-electron chi connectivity index (χ2n) is 7.17. The highest BCUT2D eigenvalue weighted by atomic mass is 32.2. The van der Waals surface area contributed by atoms with E-state index in [4.69, 9.17) is 0 Å². The summed E-state index contributed by atoms with van der Waals surface area (Å²) in [6.07, 6.45) is 6.78. The lowest BCUT2D eigenvalue weighted by Gasteiger charge is -2.23. The van der Waals surface area contributed by atoms with Gasteiger partial charge in [0.2, 0.25) is 16.0 Å². The van der Waals surface area contributed by atoms with E-state index in [0.717, 1.165) is 42.8 Å². The van der Waals surface area contributed by atoms with Crippen molar-refractivity contribution in [2.24, 2.45) is 0 Å². The average Bonchev–Trinajstić information content (AvgIpc) is 3.06. The molecule has 0 spiro atoms. The van der Waals surface area contributed by atoms with Gasteiger partial charge in [-0.05, 0) is 31.7 Å². The molecule has 1 saturated carbocycles. The van der Waals surface area contributed by atoms with Gasteiger partial charge in [0.1, 0.15) is 0 Å². The third kappa shape index (κ3) is 2.47. The number of aromatic nitrogens is 5. The fourth-order valence-electron chi connectivity index (χ4n) is 3.89. The monoisotopic (exact) mass is 375 g/mol. The first-order valence-electron chi connectivity index (χ1n) is 9.02. The molecule has 1 aliphatic heterocycles. The van der Waals surface area contributed by atoms with Gasteiger partial charge in [0, 0.05) is 24.8 Å². The van der Waals surface area contributed by atoms with Crippen molar-refractivity contribution in [1.82, 2.24) is 29.3 Å². The van der Waals surface area contributed by atoms with Crippen LogP contribution < -0.4 is 9.62 Å². The van der Waals surface area contributed by atoms with Crippen LogP contribution in [0, 0.1) is 0 Å². The van der Waals surface area contributed by atoms with Gasteiger partial charge in [-0.15, -0.1) is 10.2 Å². The van der Waals surface area contributed by atoms with Crippen LogP contribution >= 0.6 is 0 Å². The molecule has 0 bridgehead atoms. The molecule has 10 heteroatoms. The van der Waals surface area contributed by atoms with Crippen LogP contribution in [0.5, 0.6) is 0 Å². The molecular weight excluding hydrogens is 354 g/mol. The minimum absolute atomic E-state index is 0.0959. The first-order valence-corrected chi connectivity index (χ1v) is 10.6. The summed E-state index contributed by atoms with van der Waals surface area (Å²) in [5.41, 5.74) is 2.38. The van der Waals surface area contributed by atoms with E-state index in [0.29, 0.717) is 12.2 Å². The number of aromatic amines is 1. The number of H-pyrrole nitrogens is 1. The Bertz CT molecular complexity index is 1070. The minimum Gasteiger partial charge on any atom is -0.345 e. The van der Waals surface area contributed by atoms with Gasteiger partial charge in [0.05, 0.1) is 17.0 Å². The Kier molecular flexibility index (Phi) is 3.48. The number of anilines is 1. The molecule has 2 atom stereocenters. The Morgan fingerprint density at radius 2 is 2.19 bits per heavy atom. The summed E-state index contributed by atoms with van der Waals surface area (Å²) >= 11 is 0. The average molecular weight is 375 g/mol. The number of fused-ring (bicyclic) bond motifs is 3. The third-order valence-electron chi connectivity index (χ3n) is 5.36. The Morgan fingerprint density at radius 3 is 2.96 bits per heavy atom. The van der Waals surface area contributed by atoms with Gasteiger partial charge < -0.3 is 9.88 Å². The summed E-state index contributed by atoms with van der Waals surface area (Å²) in [4.78, 5) is 9.63. The van der Waals surface area contributed by atoms with Crippen LogP contribution in [0.2, 0.25) is 0 Å². The van der Waals surface area contributed by atoms with Gasteiger partial charge in [0.25, 0.3) is 0 Å². The van der Waals surface area contributed by atoms with Crippen LogP contribution in [0.4, 0.5) is 5.95 Å². The van der Waals surface area contributed by atoms with Gasteiger partial charge in [-0.3, -0.25) is 4.40 Å². The fraction of sp³-hybridized carbons (Fsp3) is 0.562. The maximum Gasteiger partial charge on any atom is 0.232 e. The maximum absolute atomic E-state index is 12.3. The van der Waals surface area contributed by atoms with E-state index < -0.39 is 10.0 Å². The van der Waals surface area contributed by atoms with Crippen molar-refractivity contribution >= 4 is 32.8 Å². The van der Waals surface area contributed by atoms with Crippen LogP contribution in [0.15, 0.2) is 18.5 Å². The molecule has 0 radical (unpaired) electrons. The summed E-state index contributed by atoms with van der Waals surface area (Å²) in [5, 5.41) is 8.45. The Balaban J connectivity index is 1.50. The Hall–Kier alpha value is -2.20. The number of hydrogen-bond acceptors (Lipinski definition) is 6. The SMILES string of the molecule is CC[C@@H]1C[C@H](NS(=O)(=O)C2CC2)CN1c1nnc2cnc3[nH]ccc3n12. The molecule has 9 nitrogen and oxygen atoms in total. The third-order valence-corrected chi connectivity index (χ3v) is 7.37. The van der Waals surface area contributed by atoms with Crippen molar-refractivity contribution in [3.63, 3.8) is 0 Å². The predicted molar refractivity (Wildman–Crippen MR) is 97.5 cm³/mol. The molecule has 3 aromatic rings. The largest absolute Gasteiger partial charge is 0.345 e. The number of hydrogen-bond donors (Lipinski definition) is 2. The molecule has 2 aliphatic rings. The van der Waals surface area contributed by atoms with E-state index in [1.165, 1.54) is 0 Å². The van der Waals surface area contributed by atoms with Gasteiger partial charge in [0.15, 0.2) is 11.3 Å². The molecule has 1 saturated heterocycles. The Labute approximate surface area is 150 Å². The maximum atomic E-state index is 12.3. The summed E-state index contributed by atoms with van der Waals surface area (Å²) in [6, 6.07) is 2.07. The van der Waals surface area contributed by atoms with Crippen molar-refractivity contribution in [3.05, 3.63) is 18.5 Å². The number of nitrogens with one attached hydrogen (secondary N) is 2. The predicted octanol–water partition coefficient (Wildman–Crippen LogP) is 1.04. The smallest absolute Gasteiger partial charge is 0.232 e. The van der Waals surface area contributed by atoms with Crippen LogP contribution in [0.1, 0.15) is 32.6 Å². The van der Waals surface area contributed by atoms with Crippen molar-refractivity contribution in [2.75, 3.05) is 11.4 Å². The second kappa shape index (κ2) is 5.65. The normalized spacial score (nSPS) is 24.1. The lowest BCUT2D eigenvalue weighted by atomic mass is 10.1. The molecule has 3 aromatic heterocycles. The zero-order valence-electron chi connectivity index (χ0n) is 14.5. The molecule has 1 aliphatic carbocycles. The summed E-state index contributed by atoms with van der Waals surface area (Å²) in [6.45, 7) is 2.71. The van der Waals surface area contributed by atoms with E-state index in [9.17, 15) is 8.42 Å². The summed E-state index contributed by atoms with van der Waals surface area (Å²) in [5.74, 6) is 0.743. The van der Waals surface area contributed by atoms with E-state index in [2.05, 4.69) is 36.7 Å². The van der Waals surface area contributed by atoms with E-state index in [-0.39, 0.29) is 17.3 Å². The molecule has 5 rings (SSSR count). The number of sulfonamides is 1. The van der Waals surface area contributed by atoms with Gasteiger partial charge >= 0.3 is 0 Å². The number of rotatable bonds is 5. The van der Waals surface area contributed by atoms with Crippen molar-refractivity contribution in [3.8, 4) is 0 Å². The lowest BCUT2D eigenvalue weighted by molar-refractivity contribution is 0.550. The molecule has 0 unspecified atom stereocenters. The van der Waals surface area contributed by atoms with E-state index in [1.807, 2.05) is 16.7 Å². The highest BCUT2D eigenvalue weighted by molar-refractivity contribution is 7.90. The van der Waals surface area contributed by atoms with Crippen LogP contribution in [0.25, 0.3) is 16.8 Å². The first kappa shape index (κ1) is 16.0. The molecule has 4 heterocycles. The van der Waals surface area contributed by atoms with Crippen molar-refractivity contribution < 1.29 is 8.42 Å². The zero-order valence-corrected chi connectivity index (χ0v) is 15.3. The van der Waals surface area contributed by atoms with Crippen LogP contribution in [-0.4, -0.2) is 56.9 Å². The quantitative estimate of drug-likeness (QED) is 0.690. The lowest BCUT2D eigenvalue weighted by Crippen LogP contribution is -2.39. The molecule has 2 fully saturated rings. The first-order chi connectivity index (χ1) is 12.6. The van der Waals surface area contributed by atoms with E-state index >= 15 is 0 Å². The van der Waals surface area contributed by atoms with Crippen LogP contribution in [0.3, 0.4) is 0 Å². The van der Waals surface area contributed by atoms with E-state index in [1.54, 1.807) is 6.20 Å². The molecule has 26 heavy (non-hydrogen) atoms. The van der Waals surface area contributed by atoms with Crippen LogP contribution in [-0.2, 0) is 10.0 Å².